The molecule has 0 atom stereocenters. The standard InChI is InChI=1S/C13H13FN4O3/c1-6(2)21-10-5-16-4-9(17-10)11-7(14)3-8(15)12(18-11)13(19)20/h3-6H,15H2,1-2H3,(H,19,20). The molecule has 0 aliphatic heterocycles. The van der Waals surface area contributed by atoms with E-state index in [0.29, 0.717) is 0 Å². The SMILES string of the molecule is CC(C)Oc1cncc(-c2nc(C(=O)O)c(N)cc2F)n1. The zero-order chi connectivity index (χ0) is 15.6. The van der Waals surface area contributed by atoms with Crippen LogP contribution in [-0.2, 0) is 0 Å². The maximum Gasteiger partial charge on any atom is 0.356 e. The van der Waals surface area contributed by atoms with E-state index in [1.165, 1.54) is 12.4 Å². The van der Waals surface area contributed by atoms with Crippen LogP contribution in [0.1, 0.15) is 24.3 Å². The maximum absolute atomic E-state index is 13.9. The Morgan fingerprint density at radius 2 is 2.10 bits per heavy atom. The Bertz CT molecular complexity index is 691. The zero-order valence-electron chi connectivity index (χ0n) is 11.4. The van der Waals surface area contributed by atoms with Crippen LogP contribution in [0, 0.1) is 5.82 Å². The van der Waals surface area contributed by atoms with E-state index in [0.717, 1.165) is 6.07 Å². The average Bonchev–Trinajstić information content (AvgIpc) is 2.37. The number of rotatable bonds is 4. The summed E-state index contributed by atoms with van der Waals surface area (Å²) >= 11 is 0. The van der Waals surface area contributed by atoms with E-state index in [2.05, 4.69) is 15.0 Å². The summed E-state index contributed by atoms with van der Waals surface area (Å²) in [5.74, 6) is -1.94. The van der Waals surface area contributed by atoms with Gasteiger partial charge in [-0.05, 0) is 13.8 Å². The van der Waals surface area contributed by atoms with Crippen molar-refractivity contribution in [3.8, 4) is 17.3 Å². The molecule has 0 aromatic carbocycles. The first kappa shape index (κ1) is 14.6. The highest BCUT2D eigenvalue weighted by molar-refractivity contribution is 5.92. The molecule has 0 radical (unpaired) electrons. The Labute approximate surface area is 119 Å². The lowest BCUT2D eigenvalue weighted by atomic mass is 10.2. The molecule has 0 aliphatic rings. The van der Waals surface area contributed by atoms with Crippen molar-refractivity contribution in [2.45, 2.75) is 20.0 Å². The van der Waals surface area contributed by atoms with E-state index in [1.54, 1.807) is 13.8 Å². The number of carboxylic acid groups (broad SMARTS) is 1. The van der Waals surface area contributed by atoms with Crippen LogP contribution in [-0.4, -0.2) is 32.1 Å². The number of carbonyl (C=O) groups is 1. The Hall–Kier alpha value is -2.77. The first-order chi connectivity index (χ1) is 9.88. The number of nitrogens with zero attached hydrogens (tertiary/aromatic N) is 3. The molecule has 0 amide bonds. The lowest BCUT2D eigenvalue weighted by molar-refractivity contribution is 0.0692. The lowest BCUT2D eigenvalue weighted by Crippen LogP contribution is -2.10. The highest BCUT2D eigenvalue weighted by atomic mass is 19.1. The molecule has 2 heterocycles. The number of anilines is 1. The van der Waals surface area contributed by atoms with Crippen LogP contribution in [0.15, 0.2) is 18.5 Å². The van der Waals surface area contributed by atoms with E-state index in [4.69, 9.17) is 15.6 Å². The van der Waals surface area contributed by atoms with E-state index in [9.17, 15) is 9.18 Å². The summed E-state index contributed by atoms with van der Waals surface area (Å²) in [6.45, 7) is 3.61. The van der Waals surface area contributed by atoms with Gasteiger partial charge in [-0.25, -0.2) is 19.2 Å². The number of hydrogen-bond donors (Lipinski definition) is 2. The number of aromatic nitrogens is 3. The van der Waals surface area contributed by atoms with E-state index >= 15 is 0 Å². The minimum Gasteiger partial charge on any atom is -0.476 e. The molecule has 2 aromatic rings. The molecule has 7 nitrogen and oxygen atoms in total. The summed E-state index contributed by atoms with van der Waals surface area (Å²) in [5, 5.41) is 8.98. The van der Waals surface area contributed by atoms with Crippen molar-refractivity contribution in [2.75, 3.05) is 5.73 Å². The van der Waals surface area contributed by atoms with Crippen LogP contribution in [0.3, 0.4) is 0 Å². The van der Waals surface area contributed by atoms with E-state index in [1.807, 2.05) is 0 Å². The van der Waals surface area contributed by atoms with Gasteiger partial charge in [0, 0.05) is 6.07 Å². The van der Waals surface area contributed by atoms with Crippen LogP contribution in [0.25, 0.3) is 11.4 Å². The van der Waals surface area contributed by atoms with Crippen LogP contribution in [0.2, 0.25) is 0 Å². The molecule has 3 N–H and O–H groups in total. The zero-order valence-corrected chi connectivity index (χ0v) is 11.4. The molecule has 2 rings (SSSR count). The van der Waals surface area contributed by atoms with Gasteiger partial charge in [-0.2, -0.15) is 0 Å². The quantitative estimate of drug-likeness (QED) is 0.882. The Kier molecular flexibility index (Phi) is 3.97. The van der Waals surface area contributed by atoms with E-state index in [-0.39, 0.29) is 29.1 Å². The van der Waals surface area contributed by atoms with Crippen LogP contribution in [0.4, 0.5) is 10.1 Å². The predicted molar refractivity (Wildman–Crippen MR) is 72.4 cm³/mol. The molecular formula is C13H13FN4O3. The van der Waals surface area contributed by atoms with Gasteiger partial charge in [-0.1, -0.05) is 0 Å². The van der Waals surface area contributed by atoms with Gasteiger partial charge < -0.3 is 15.6 Å². The first-order valence-electron chi connectivity index (χ1n) is 6.07. The molecule has 2 aromatic heterocycles. The second kappa shape index (κ2) is 5.70. The normalized spacial score (nSPS) is 10.7. The highest BCUT2D eigenvalue weighted by Crippen LogP contribution is 2.23. The van der Waals surface area contributed by atoms with E-state index < -0.39 is 17.5 Å². The van der Waals surface area contributed by atoms with Gasteiger partial charge in [-0.3, -0.25) is 4.98 Å². The van der Waals surface area contributed by atoms with Gasteiger partial charge in [-0.15, -0.1) is 0 Å². The molecule has 0 saturated carbocycles. The van der Waals surface area contributed by atoms with Crippen LogP contribution < -0.4 is 10.5 Å². The van der Waals surface area contributed by atoms with Crippen molar-refractivity contribution in [1.29, 1.82) is 0 Å². The summed E-state index contributed by atoms with van der Waals surface area (Å²) in [5.41, 5.74) is 4.54. The maximum atomic E-state index is 13.9. The van der Waals surface area contributed by atoms with Crippen molar-refractivity contribution >= 4 is 11.7 Å². The highest BCUT2D eigenvalue weighted by Gasteiger charge is 2.18. The summed E-state index contributed by atoms with van der Waals surface area (Å²) in [6.07, 6.45) is 2.50. The molecule has 21 heavy (non-hydrogen) atoms. The largest absolute Gasteiger partial charge is 0.476 e. The summed E-state index contributed by atoms with van der Waals surface area (Å²) in [6, 6.07) is 0.892. The molecule has 0 saturated heterocycles. The second-order valence-electron chi connectivity index (χ2n) is 4.47. The second-order valence-corrected chi connectivity index (χ2v) is 4.47. The minimum absolute atomic E-state index is 0.0631. The van der Waals surface area contributed by atoms with Gasteiger partial charge in [0.25, 0.3) is 0 Å². The van der Waals surface area contributed by atoms with Crippen molar-refractivity contribution in [1.82, 2.24) is 15.0 Å². The molecule has 8 heteroatoms. The number of carboxylic acids is 1. The Morgan fingerprint density at radius 3 is 2.71 bits per heavy atom. The summed E-state index contributed by atoms with van der Waals surface area (Å²) in [4.78, 5) is 22.6. The molecular weight excluding hydrogens is 279 g/mol. The molecule has 110 valence electrons. The predicted octanol–water partition coefficient (Wildman–Crippen LogP) is 1.75. The summed E-state index contributed by atoms with van der Waals surface area (Å²) < 4.78 is 19.3. The van der Waals surface area contributed by atoms with Crippen molar-refractivity contribution < 1.29 is 19.0 Å². The number of ether oxygens (including phenoxy) is 1. The van der Waals surface area contributed by atoms with Gasteiger partial charge in [0.05, 0.1) is 24.2 Å². The fourth-order valence-electron chi connectivity index (χ4n) is 1.61. The number of nitrogen functional groups attached to an aromatic ring is 1. The average molecular weight is 292 g/mol. The number of nitrogens with two attached hydrogens (primary N) is 1. The van der Waals surface area contributed by atoms with Crippen LogP contribution in [0.5, 0.6) is 5.88 Å². The number of aromatic carboxylic acids is 1. The van der Waals surface area contributed by atoms with Crippen molar-refractivity contribution in [3.63, 3.8) is 0 Å². The molecule has 0 spiro atoms. The first-order valence-corrected chi connectivity index (χ1v) is 6.07. The summed E-state index contributed by atoms with van der Waals surface area (Å²) in [7, 11) is 0. The number of halogens is 1. The Balaban J connectivity index is 2.51. The van der Waals surface area contributed by atoms with Crippen molar-refractivity contribution in [3.05, 3.63) is 30.0 Å². The minimum atomic E-state index is -1.35. The third-order valence-electron chi connectivity index (χ3n) is 2.42. The van der Waals surface area contributed by atoms with Crippen LogP contribution >= 0.6 is 0 Å². The molecule has 0 bridgehead atoms. The van der Waals surface area contributed by atoms with Gasteiger partial charge >= 0.3 is 5.97 Å². The third kappa shape index (κ3) is 3.22. The smallest absolute Gasteiger partial charge is 0.356 e. The van der Waals surface area contributed by atoms with Gasteiger partial charge in [0.15, 0.2) is 11.5 Å². The third-order valence-corrected chi connectivity index (χ3v) is 2.42. The molecule has 0 unspecified atom stereocenters. The Morgan fingerprint density at radius 1 is 1.38 bits per heavy atom. The van der Waals surface area contributed by atoms with Crippen molar-refractivity contribution in [2.24, 2.45) is 0 Å². The fraction of sp³-hybridized carbons (Fsp3) is 0.231. The van der Waals surface area contributed by atoms with Gasteiger partial charge in [0.1, 0.15) is 11.4 Å². The number of pyridine rings is 1. The fourth-order valence-corrected chi connectivity index (χ4v) is 1.61. The lowest BCUT2D eigenvalue weighted by Gasteiger charge is -2.10. The molecule has 0 aliphatic carbocycles. The van der Waals surface area contributed by atoms with Gasteiger partial charge in [0.2, 0.25) is 5.88 Å². The topological polar surface area (TPSA) is 111 Å². The number of hydrogen-bond acceptors (Lipinski definition) is 6. The molecule has 0 fully saturated rings. The monoisotopic (exact) mass is 292 g/mol.